The van der Waals surface area contributed by atoms with Crippen LogP contribution in [0.25, 0.3) is 0 Å². The normalized spacial score (nSPS) is 17.6. The molecule has 5 heteroatoms. The van der Waals surface area contributed by atoms with Gasteiger partial charge in [-0.15, -0.1) is 0 Å². The molecule has 1 aliphatic carbocycles. The molecule has 2 N–H and O–H groups in total. The fourth-order valence-corrected chi connectivity index (χ4v) is 2.99. The maximum absolute atomic E-state index is 11.8. The number of ether oxygens (including phenoxy) is 1. The Bertz CT molecular complexity index is 370. The molecular weight excluding hydrogens is 294 g/mol. The molecule has 1 saturated carbocycles. The van der Waals surface area contributed by atoms with E-state index < -0.39 is 17.8 Å². The van der Waals surface area contributed by atoms with Gasteiger partial charge in [-0.05, 0) is 39.5 Å². The highest BCUT2D eigenvalue weighted by atomic mass is 16.6. The minimum Gasteiger partial charge on any atom is -0.444 e. The molecule has 1 atom stereocenters. The Balaban J connectivity index is 2.09. The average molecular weight is 327 g/mol. The Labute approximate surface area is 140 Å². The quantitative estimate of drug-likeness (QED) is 0.714. The lowest BCUT2D eigenvalue weighted by molar-refractivity contribution is -0.120. The predicted molar refractivity (Wildman–Crippen MR) is 90.3 cm³/mol. The lowest BCUT2D eigenvalue weighted by atomic mass is 9.85. The third-order valence-electron chi connectivity index (χ3n) is 4.17. The lowest BCUT2D eigenvalue weighted by Gasteiger charge is -2.22. The topological polar surface area (TPSA) is 75.6 Å². The predicted octanol–water partition coefficient (Wildman–Crippen LogP) is 3.58. The van der Waals surface area contributed by atoms with E-state index in [1.54, 1.807) is 20.8 Å². The second kappa shape index (κ2) is 9.91. The zero-order valence-corrected chi connectivity index (χ0v) is 14.9. The van der Waals surface area contributed by atoms with Gasteiger partial charge in [0.15, 0.2) is 0 Å². The van der Waals surface area contributed by atoms with Crippen LogP contribution in [0.2, 0.25) is 0 Å². The monoisotopic (exact) mass is 327 g/mol. The Morgan fingerprint density at radius 2 is 1.87 bits per heavy atom. The van der Waals surface area contributed by atoms with E-state index in [1.165, 1.54) is 32.1 Å². The van der Waals surface area contributed by atoms with Crippen LogP contribution in [0.15, 0.2) is 0 Å². The first-order chi connectivity index (χ1) is 10.8. The molecule has 0 radical (unpaired) electrons. The van der Waals surface area contributed by atoms with Gasteiger partial charge in [0, 0.05) is 19.4 Å². The van der Waals surface area contributed by atoms with Gasteiger partial charge in [-0.2, -0.15) is 0 Å². The summed E-state index contributed by atoms with van der Waals surface area (Å²) in [7, 11) is 0. The molecule has 0 aromatic heterocycles. The molecule has 1 aliphatic rings. The highest BCUT2D eigenvalue weighted by molar-refractivity contribution is 5.79. The average Bonchev–Trinajstić information content (AvgIpc) is 2.44. The highest BCUT2D eigenvalue weighted by Crippen LogP contribution is 2.28. The summed E-state index contributed by atoms with van der Waals surface area (Å²) < 4.78 is 5.10. The summed E-state index contributed by atoms with van der Waals surface area (Å²) in [5.74, 6) is 0.708. The number of aliphatic hydroxyl groups is 1. The van der Waals surface area contributed by atoms with Crippen LogP contribution in [0.1, 0.15) is 78.6 Å². The van der Waals surface area contributed by atoms with Crippen LogP contribution >= 0.6 is 0 Å². The van der Waals surface area contributed by atoms with E-state index in [9.17, 15) is 14.7 Å². The third-order valence-corrected chi connectivity index (χ3v) is 4.17. The summed E-state index contributed by atoms with van der Waals surface area (Å²) in [5.41, 5.74) is -0.538. The number of Topliss-reactive ketones (excluding diaryl/α,β-unsaturated/α-hetero) is 1. The van der Waals surface area contributed by atoms with Gasteiger partial charge in [0.25, 0.3) is 0 Å². The smallest absolute Gasteiger partial charge is 0.407 e. The SMILES string of the molecule is CC(C)(C)OC(=O)NCCC(=O)C[C@@H](O)CCC1CCCCC1. The molecule has 1 amide bonds. The van der Waals surface area contributed by atoms with Crippen molar-refractivity contribution in [1.82, 2.24) is 5.32 Å². The largest absolute Gasteiger partial charge is 0.444 e. The Morgan fingerprint density at radius 3 is 2.48 bits per heavy atom. The summed E-state index contributed by atoms with van der Waals surface area (Å²) in [4.78, 5) is 23.3. The highest BCUT2D eigenvalue weighted by Gasteiger charge is 2.18. The molecule has 0 bridgehead atoms. The zero-order valence-electron chi connectivity index (χ0n) is 14.9. The number of carbonyl (C=O) groups is 2. The Hall–Kier alpha value is -1.10. The fourth-order valence-electron chi connectivity index (χ4n) is 2.99. The Kier molecular flexibility index (Phi) is 8.59. The lowest BCUT2D eigenvalue weighted by Crippen LogP contribution is -2.33. The van der Waals surface area contributed by atoms with E-state index in [2.05, 4.69) is 5.32 Å². The minimum atomic E-state index is -0.550. The molecule has 0 aliphatic heterocycles. The van der Waals surface area contributed by atoms with Gasteiger partial charge in [-0.25, -0.2) is 4.79 Å². The van der Waals surface area contributed by atoms with Gasteiger partial charge in [-0.3, -0.25) is 4.79 Å². The maximum Gasteiger partial charge on any atom is 0.407 e. The van der Waals surface area contributed by atoms with Gasteiger partial charge < -0.3 is 15.2 Å². The van der Waals surface area contributed by atoms with Gasteiger partial charge in [0.2, 0.25) is 0 Å². The molecule has 0 heterocycles. The number of carbonyl (C=O) groups excluding carboxylic acids is 2. The van der Waals surface area contributed by atoms with Crippen LogP contribution in [-0.4, -0.2) is 35.2 Å². The molecule has 5 nitrogen and oxygen atoms in total. The molecule has 0 spiro atoms. The summed E-state index contributed by atoms with van der Waals surface area (Å²) in [5, 5.41) is 12.5. The van der Waals surface area contributed by atoms with Gasteiger partial charge in [0.05, 0.1) is 6.10 Å². The van der Waals surface area contributed by atoms with Crippen LogP contribution in [0.3, 0.4) is 0 Å². The second-order valence-corrected chi connectivity index (χ2v) is 7.66. The summed E-state index contributed by atoms with van der Waals surface area (Å²) >= 11 is 0. The number of ketones is 1. The maximum atomic E-state index is 11.8. The van der Waals surface area contributed by atoms with Crippen molar-refractivity contribution in [3.63, 3.8) is 0 Å². The van der Waals surface area contributed by atoms with Crippen molar-refractivity contribution >= 4 is 11.9 Å². The number of aliphatic hydroxyl groups excluding tert-OH is 1. The van der Waals surface area contributed by atoms with E-state index in [0.717, 1.165) is 12.3 Å². The second-order valence-electron chi connectivity index (χ2n) is 7.66. The molecule has 1 rings (SSSR count). The van der Waals surface area contributed by atoms with Crippen molar-refractivity contribution in [1.29, 1.82) is 0 Å². The number of alkyl carbamates (subject to hydrolysis) is 1. The first kappa shape index (κ1) is 19.9. The van der Waals surface area contributed by atoms with Crippen molar-refractivity contribution in [3.05, 3.63) is 0 Å². The number of nitrogens with one attached hydrogen (secondary N) is 1. The van der Waals surface area contributed by atoms with Gasteiger partial charge in [-0.1, -0.05) is 32.1 Å². The van der Waals surface area contributed by atoms with E-state index in [0.29, 0.717) is 6.42 Å². The van der Waals surface area contributed by atoms with Crippen molar-refractivity contribution in [2.75, 3.05) is 6.54 Å². The van der Waals surface area contributed by atoms with Crippen molar-refractivity contribution in [2.24, 2.45) is 5.92 Å². The van der Waals surface area contributed by atoms with Gasteiger partial charge >= 0.3 is 6.09 Å². The fraction of sp³-hybridized carbons (Fsp3) is 0.889. The molecule has 0 unspecified atom stereocenters. The van der Waals surface area contributed by atoms with E-state index in [4.69, 9.17) is 4.74 Å². The van der Waals surface area contributed by atoms with Crippen LogP contribution in [0.4, 0.5) is 4.79 Å². The van der Waals surface area contributed by atoms with Crippen molar-refractivity contribution in [3.8, 4) is 0 Å². The van der Waals surface area contributed by atoms with Gasteiger partial charge in [0.1, 0.15) is 11.4 Å². The first-order valence-corrected chi connectivity index (χ1v) is 8.93. The molecule has 0 aromatic rings. The molecule has 1 fully saturated rings. The summed E-state index contributed by atoms with van der Waals surface area (Å²) in [6.45, 7) is 5.63. The van der Waals surface area contributed by atoms with E-state index in [-0.39, 0.29) is 25.2 Å². The number of hydrogen-bond donors (Lipinski definition) is 2. The van der Waals surface area contributed by atoms with Crippen LogP contribution < -0.4 is 5.32 Å². The third kappa shape index (κ3) is 10.3. The van der Waals surface area contributed by atoms with E-state index >= 15 is 0 Å². The minimum absolute atomic E-state index is 0.0165. The zero-order chi connectivity index (χ0) is 17.3. The van der Waals surface area contributed by atoms with Crippen LogP contribution in [0, 0.1) is 5.92 Å². The van der Waals surface area contributed by atoms with Crippen LogP contribution in [-0.2, 0) is 9.53 Å². The number of amides is 1. The number of hydrogen-bond acceptors (Lipinski definition) is 4. The molecule has 134 valence electrons. The summed E-state index contributed by atoms with van der Waals surface area (Å²) in [6.07, 6.45) is 7.55. The Morgan fingerprint density at radius 1 is 1.22 bits per heavy atom. The van der Waals surface area contributed by atoms with Crippen molar-refractivity contribution < 1.29 is 19.4 Å². The molecule has 0 aromatic carbocycles. The molecule has 0 saturated heterocycles. The molecular formula is C18H33NO4. The molecule has 23 heavy (non-hydrogen) atoms. The van der Waals surface area contributed by atoms with Crippen LogP contribution in [0.5, 0.6) is 0 Å². The van der Waals surface area contributed by atoms with Crippen molar-refractivity contribution in [2.45, 2.75) is 90.3 Å². The first-order valence-electron chi connectivity index (χ1n) is 8.93. The van der Waals surface area contributed by atoms with E-state index in [1.807, 2.05) is 0 Å². The number of rotatable bonds is 8. The summed E-state index contributed by atoms with van der Waals surface area (Å²) in [6, 6.07) is 0. The standard InChI is InChI=1S/C18H33NO4/c1-18(2,3)23-17(22)19-12-11-16(21)13-15(20)10-9-14-7-5-4-6-8-14/h14-15,20H,4-13H2,1-3H3,(H,19,22)/t15-/m0/s1.